The van der Waals surface area contributed by atoms with Gasteiger partial charge in [-0.25, -0.2) is 10.8 Å². The third-order valence-electron chi connectivity index (χ3n) is 5.87. The zero-order valence-corrected chi connectivity index (χ0v) is 21.3. The summed E-state index contributed by atoms with van der Waals surface area (Å²) in [5.41, 5.74) is 8.79. The Bertz CT molecular complexity index is 1430. The molecule has 4 aromatic rings. The van der Waals surface area contributed by atoms with Crippen LogP contribution in [0.15, 0.2) is 84.0 Å². The summed E-state index contributed by atoms with van der Waals surface area (Å²) in [5.74, 6) is 7.46. The number of aromatic nitrogens is 2. The zero-order valence-electron chi connectivity index (χ0n) is 20.5. The summed E-state index contributed by atoms with van der Waals surface area (Å²) in [7, 11) is 1.57. The number of hydrogen-bond acceptors (Lipinski definition) is 6. The Hall–Kier alpha value is -3.89. The molecule has 37 heavy (non-hydrogen) atoms. The van der Waals surface area contributed by atoms with Gasteiger partial charge in [-0.2, -0.15) is 13.2 Å². The minimum Gasteiger partial charge on any atom is -0.497 e. The van der Waals surface area contributed by atoms with Crippen molar-refractivity contribution < 1.29 is 17.9 Å². The van der Waals surface area contributed by atoms with Crippen LogP contribution in [0.1, 0.15) is 17.1 Å². The van der Waals surface area contributed by atoms with Crippen molar-refractivity contribution in [2.24, 2.45) is 11.6 Å². The molecule has 1 aromatic heterocycles. The molecule has 0 saturated heterocycles. The fourth-order valence-electron chi connectivity index (χ4n) is 3.96. The van der Waals surface area contributed by atoms with Crippen molar-refractivity contribution in [2.45, 2.75) is 18.0 Å². The number of alkyl halides is 3. The molecule has 1 heterocycles. The van der Waals surface area contributed by atoms with Gasteiger partial charge in [0.05, 0.1) is 24.2 Å². The van der Waals surface area contributed by atoms with E-state index in [9.17, 15) is 13.2 Å². The lowest BCUT2D eigenvalue weighted by Gasteiger charge is -2.26. The molecule has 192 valence electrons. The van der Waals surface area contributed by atoms with E-state index in [1.54, 1.807) is 49.2 Å². The number of benzene rings is 3. The van der Waals surface area contributed by atoms with Gasteiger partial charge >= 0.3 is 6.18 Å². The van der Waals surface area contributed by atoms with Gasteiger partial charge < -0.3 is 15.0 Å². The van der Waals surface area contributed by atoms with Crippen LogP contribution in [-0.4, -0.2) is 22.9 Å². The summed E-state index contributed by atoms with van der Waals surface area (Å²) in [4.78, 5) is 4.80. The van der Waals surface area contributed by atoms with Gasteiger partial charge in [-0.1, -0.05) is 18.2 Å². The summed E-state index contributed by atoms with van der Waals surface area (Å²) < 4.78 is 46.9. The minimum atomic E-state index is -4.58. The highest BCUT2D eigenvalue weighted by Crippen LogP contribution is 2.36. The largest absolute Gasteiger partial charge is 0.497 e. The van der Waals surface area contributed by atoms with Crippen molar-refractivity contribution in [3.8, 4) is 22.6 Å². The molecule has 0 spiro atoms. The first-order valence-corrected chi connectivity index (χ1v) is 12.4. The average Bonchev–Trinajstić information content (AvgIpc) is 3.31. The van der Waals surface area contributed by atoms with Gasteiger partial charge in [0.15, 0.2) is 5.69 Å². The average molecular weight is 526 g/mol. The maximum absolute atomic E-state index is 13.4. The number of hydrogen-bond donors (Lipinski definition) is 2. The van der Waals surface area contributed by atoms with Crippen LogP contribution in [0.3, 0.4) is 0 Å². The molecule has 4 rings (SSSR count). The van der Waals surface area contributed by atoms with Crippen molar-refractivity contribution in [2.75, 3.05) is 18.4 Å². The number of ether oxygens (including phenoxy) is 1. The Balaban J connectivity index is 1.89. The Morgan fingerprint density at radius 1 is 1.05 bits per heavy atom. The lowest BCUT2D eigenvalue weighted by Crippen LogP contribution is -2.31. The Morgan fingerprint density at radius 3 is 2.35 bits per heavy atom. The first kappa shape index (κ1) is 26.2. The molecule has 0 unspecified atom stereocenters. The smallest absolute Gasteiger partial charge is 0.434 e. The summed E-state index contributed by atoms with van der Waals surface area (Å²) in [6.07, 6.45) is -0.269. The number of imidazole rings is 1. The molecule has 0 aliphatic heterocycles. The third-order valence-corrected chi connectivity index (χ3v) is 6.60. The van der Waals surface area contributed by atoms with Crippen LogP contribution < -0.4 is 21.3 Å². The minimum absolute atomic E-state index is 0.168. The first-order valence-electron chi connectivity index (χ1n) is 11.2. The van der Waals surface area contributed by atoms with Crippen LogP contribution in [0, 0.1) is 6.92 Å². The molecule has 3 aromatic carbocycles. The van der Waals surface area contributed by atoms with Crippen LogP contribution in [0.4, 0.5) is 18.9 Å². The summed E-state index contributed by atoms with van der Waals surface area (Å²) in [6, 6.07) is 20.5. The van der Waals surface area contributed by atoms with Crippen molar-refractivity contribution in [3.63, 3.8) is 0 Å². The van der Waals surface area contributed by atoms with Gasteiger partial charge in [-0.15, -0.1) is 11.8 Å². The zero-order chi connectivity index (χ0) is 26.7. The number of nitrogens with two attached hydrogens (primary N) is 2. The van der Waals surface area contributed by atoms with Crippen LogP contribution in [0.25, 0.3) is 22.5 Å². The number of halogens is 3. The topological polar surface area (TPSA) is 82.3 Å². The first-order chi connectivity index (χ1) is 17.7. The van der Waals surface area contributed by atoms with E-state index in [2.05, 4.69) is 4.98 Å². The number of thioether (sulfide) groups is 1. The van der Waals surface area contributed by atoms with Gasteiger partial charge in [-0.05, 0) is 72.8 Å². The van der Waals surface area contributed by atoms with Gasteiger partial charge in [0.2, 0.25) is 0 Å². The molecule has 0 fully saturated rings. The van der Waals surface area contributed by atoms with E-state index >= 15 is 0 Å². The molecule has 0 radical (unpaired) electrons. The predicted octanol–water partition coefficient (Wildman–Crippen LogP) is 6.23. The van der Waals surface area contributed by atoms with Gasteiger partial charge in [0.1, 0.15) is 11.6 Å². The monoisotopic (exact) mass is 525 g/mol. The second-order valence-corrected chi connectivity index (χ2v) is 9.01. The molecule has 10 heteroatoms. The van der Waals surface area contributed by atoms with Gasteiger partial charge in [0.25, 0.3) is 0 Å². The van der Waals surface area contributed by atoms with Crippen molar-refractivity contribution in [1.29, 1.82) is 0 Å². The number of nitrogens with zero attached hydrogens (tertiary/aromatic N) is 3. The fraction of sp³-hybridized carbons (Fsp3) is 0.148. The number of methoxy groups -OCH3 is 1. The highest BCUT2D eigenvalue weighted by Gasteiger charge is 2.34. The number of aryl methyl sites for hydroxylation is 1. The molecule has 0 amide bonds. The number of rotatable bonds is 7. The van der Waals surface area contributed by atoms with Crippen LogP contribution >= 0.6 is 11.8 Å². The summed E-state index contributed by atoms with van der Waals surface area (Å²) in [6.45, 7) is 1.51. The van der Waals surface area contributed by atoms with Crippen molar-refractivity contribution >= 4 is 23.1 Å². The molecular weight excluding hydrogens is 499 g/mol. The summed E-state index contributed by atoms with van der Waals surface area (Å²) >= 11 is 1.61. The van der Waals surface area contributed by atoms with Crippen LogP contribution in [0.2, 0.25) is 0 Å². The predicted molar refractivity (Wildman–Crippen MR) is 142 cm³/mol. The highest BCUT2D eigenvalue weighted by molar-refractivity contribution is 7.98. The second kappa shape index (κ2) is 10.6. The van der Waals surface area contributed by atoms with E-state index in [4.69, 9.17) is 16.3 Å². The van der Waals surface area contributed by atoms with E-state index in [-0.39, 0.29) is 5.82 Å². The SMILES string of the molecule is COc1ccc(/C(=C/N)N(N)c2cc(-c3cccc(SC)c3)ccc2-n2cc(C(F)(F)F)nc2C)cc1. The molecule has 4 N–H and O–H groups in total. The fourth-order valence-corrected chi connectivity index (χ4v) is 4.42. The molecule has 6 nitrogen and oxygen atoms in total. The highest BCUT2D eigenvalue weighted by atomic mass is 32.2. The molecule has 0 aliphatic rings. The van der Waals surface area contributed by atoms with Crippen LogP contribution in [0.5, 0.6) is 5.75 Å². The van der Waals surface area contributed by atoms with Crippen LogP contribution in [-0.2, 0) is 6.18 Å². The van der Waals surface area contributed by atoms with E-state index in [0.717, 1.165) is 22.2 Å². The Kier molecular flexibility index (Phi) is 7.51. The standard InChI is InChI=1S/C27H26F3N5OS/c1-17-33-26(27(28,29)30)16-34(17)23-12-9-20(19-5-4-6-22(13-19)37-3)14-24(23)35(32)25(15-31)18-7-10-21(36-2)11-8-18/h4-16H,31-32H2,1-3H3/b25-15-. The maximum Gasteiger partial charge on any atom is 0.434 e. The lowest BCUT2D eigenvalue weighted by molar-refractivity contribution is -0.141. The molecule has 0 aliphatic carbocycles. The van der Waals surface area contributed by atoms with E-state index in [0.29, 0.717) is 28.4 Å². The Labute approximate surface area is 217 Å². The van der Waals surface area contributed by atoms with E-state index in [1.807, 2.05) is 42.7 Å². The molecule has 0 atom stereocenters. The molecule has 0 saturated carbocycles. The van der Waals surface area contributed by atoms with Gasteiger partial charge in [0, 0.05) is 22.9 Å². The third kappa shape index (κ3) is 5.45. The number of anilines is 1. The number of hydrazine groups is 1. The van der Waals surface area contributed by atoms with E-state index in [1.165, 1.54) is 22.7 Å². The van der Waals surface area contributed by atoms with Crippen molar-refractivity contribution in [1.82, 2.24) is 9.55 Å². The van der Waals surface area contributed by atoms with Gasteiger partial charge in [-0.3, -0.25) is 5.01 Å². The lowest BCUT2D eigenvalue weighted by atomic mass is 10.0. The molecular formula is C27H26F3N5OS. The van der Waals surface area contributed by atoms with Crippen molar-refractivity contribution in [3.05, 3.63) is 96.2 Å². The molecule has 0 bridgehead atoms. The quantitative estimate of drug-likeness (QED) is 0.169. The normalized spacial score (nSPS) is 12.0. The summed E-state index contributed by atoms with van der Waals surface area (Å²) in [5, 5.41) is 1.37. The van der Waals surface area contributed by atoms with E-state index < -0.39 is 11.9 Å². The maximum atomic E-state index is 13.4. The Morgan fingerprint density at radius 2 is 1.76 bits per heavy atom. The second-order valence-electron chi connectivity index (χ2n) is 8.13.